The zero-order valence-corrected chi connectivity index (χ0v) is 18.4. The van der Waals surface area contributed by atoms with Crippen molar-refractivity contribution in [1.29, 1.82) is 5.26 Å². The Morgan fingerprint density at radius 1 is 1.32 bits per heavy atom. The number of pyridine rings is 1. The van der Waals surface area contributed by atoms with Crippen LogP contribution in [0.1, 0.15) is 35.2 Å². The number of carbonyl (C=O) groups excluding carboxylic acids is 2. The first-order valence-electron chi connectivity index (χ1n) is 10.3. The molecule has 2 N–H and O–H groups in total. The van der Waals surface area contributed by atoms with Gasteiger partial charge in [-0.15, -0.1) is 0 Å². The predicted octanol–water partition coefficient (Wildman–Crippen LogP) is 2.80. The largest absolute Gasteiger partial charge is 0.345 e. The molecule has 8 heteroatoms. The molecule has 1 aliphatic rings. The predicted molar refractivity (Wildman–Crippen MR) is 120 cm³/mol. The van der Waals surface area contributed by atoms with Crippen LogP contribution in [-0.4, -0.2) is 54.4 Å². The summed E-state index contributed by atoms with van der Waals surface area (Å²) >= 11 is 6.20. The normalized spacial score (nSPS) is 16.8. The van der Waals surface area contributed by atoms with Gasteiger partial charge in [-0.2, -0.15) is 5.26 Å². The lowest BCUT2D eigenvalue weighted by atomic mass is 10.0. The number of aromatic nitrogens is 1. The van der Waals surface area contributed by atoms with E-state index in [4.69, 9.17) is 11.6 Å². The minimum absolute atomic E-state index is 0.132. The first kappa shape index (κ1) is 22.7. The van der Waals surface area contributed by atoms with Crippen LogP contribution < -0.4 is 10.6 Å². The van der Waals surface area contributed by atoms with E-state index in [9.17, 15) is 14.9 Å². The molecular formula is C23H26ClN5O2. The molecule has 0 spiro atoms. The van der Waals surface area contributed by atoms with Crippen LogP contribution in [-0.2, 0) is 11.2 Å². The Morgan fingerprint density at radius 3 is 2.74 bits per heavy atom. The van der Waals surface area contributed by atoms with Gasteiger partial charge in [-0.1, -0.05) is 24.1 Å². The molecule has 2 atom stereocenters. The van der Waals surface area contributed by atoms with E-state index >= 15 is 0 Å². The number of nitriles is 1. The molecule has 31 heavy (non-hydrogen) atoms. The molecule has 1 saturated heterocycles. The molecule has 1 aromatic heterocycles. The van der Waals surface area contributed by atoms with Crippen molar-refractivity contribution in [2.45, 2.75) is 37.8 Å². The lowest BCUT2D eigenvalue weighted by molar-refractivity contribution is -0.124. The van der Waals surface area contributed by atoms with E-state index < -0.39 is 6.04 Å². The molecule has 2 amide bonds. The van der Waals surface area contributed by atoms with Gasteiger partial charge in [0.05, 0.1) is 17.8 Å². The summed E-state index contributed by atoms with van der Waals surface area (Å²) in [6.07, 6.45) is 4.92. The van der Waals surface area contributed by atoms with Gasteiger partial charge >= 0.3 is 0 Å². The van der Waals surface area contributed by atoms with Gasteiger partial charge in [-0.25, -0.2) is 0 Å². The number of amides is 2. The van der Waals surface area contributed by atoms with Crippen LogP contribution in [0.3, 0.4) is 0 Å². The molecule has 0 bridgehead atoms. The minimum atomic E-state index is -0.626. The molecule has 1 aromatic carbocycles. The van der Waals surface area contributed by atoms with Crippen LogP contribution in [0, 0.1) is 11.3 Å². The number of halogens is 1. The molecule has 2 heterocycles. The topological polar surface area (TPSA) is 98.1 Å². The van der Waals surface area contributed by atoms with Crippen molar-refractivity contribution in [1.82, 2.24) is 20.5 Å². The maximum absolute atomic E-state index is 12.4. The van der Waals surface area contributed by atoms with Crippen molar-refractivity contribution >= 4 is 23.4 Å². The molecular weight excluding hydrogens is 414 g/mol. The van der Waals surface area contributed by atoms with E-state index in [0.717, 1.165) is 36.9 Å². The Kier molecular flexibility index (Phi) is 7.61. The Balaban J connectivity index is 1.69. The van der Waals surface area contributed by atoms with Crippen LogP contribution in [0.2, 0.25) is 5.02 Å². The summed E-state index contributed by atoms with van der Waals surface area (Å²) in [4.78, 5) is 30.6. The Morgan fingerprint density at radius 2 is 2.13 bits per heavy atom. The fourth-order valence-corrected chi connectivity index (χ4v) is 3.78. The molecule has 1 fully saturated rings. The van der Waals surface area contributed by atoms with Crippen molar-refractivity contribution in [3.8, 4) is 17.3 Å². The number of nitrogens with zero attached hydrogens (tertiary/aromatic N) is 3. The summed E-state index contributed by atoms with van der Waals surface area (Å²) < 4.78 is 0. The van der Waals surface area contributed by atoms with Gasteiger partial charge in [0, 0.05) is 42.9 Å². The van der Waals surface area contributed by atoms with Crippen LogP contribution in [0.4, 0.5) is 0 Å². The first-order chi connectivity index (χ1) is 14.9. The van der Waals surface area contributed by atoms with E-state index in [1.54, 1.807) is 38.5 Å². The lowest BCUT2D eigenvalue weighted by Gasteiger charge is -2.23. The van der Waals surface area contributed by atoms with Gasteiger partial charge in [-0.05, 0) is 49.2 Å². The maximum atomic E-state index is 12.4. The van der Waals surface area contributed by atoms with Crippen molar-refractivity contribution in [2.75, 3.05) is 20.6 Å². The quantitative estimate of drug-likeness (QED) is 0.721. The summed E-state index contributed by atoms with van der Waals surface area (Å²) in [5.41, 5.74) is 2.72. The maximum Gasteiger partial charge on any atom is 0.253 e. The van der Waals surface area contributed by atoms with E-state index in [0.29, 0.717) is 22.7 Å². The van der Waals surface area contributed by atoms with Crippen LogP contribution in [0.15, 0.2) is 36.5 Å². The average Bonchev–Trinajstić information content (AvgIpc) is 2.78. The number of benzene rings is 1. The summed E-state index contributed by atoms with van der Waals surface area (Å²) in [5.74, 6) is -0.270. The summed E-state index contributed by atoms with van der Waals surface area (Å²) in [5, 5.41) is 15.9. The third kappa shape index (κ3) is 6.03. The van der Waals surface area contributed by atoms with Gasteiger partial charge in [-0.3, -0.25) is 14.6 Å². The van der Waals surface area contributed by atoms with E-state index in [1.165, 1.54) is 4.90 Å². The molecule has 0 saturated carbocycles. The molecule has 0 radical (unpaired) electrons. The Hall–Kier alpha value is -2.95. The SMILES string of the molecule is CN(C)C(=O)c1cc(Cl)cc(-c2ccc(C[C@@H](C#N)NC(=O)[C@@H]3CCCCN3)cn2)c1. The van der Waals surface area contributed by atoms with E-state index in [1.807, 2.05) is 12.1 Å². The van der Waals surface area contributed by atoms with Crippen LogP contribution >= 0.6 is 11.6 Å². The Labute approximate surface area is 187 Å². The molecule has 1 aliphatic heterocycles. The summed E-state index contributed by atoms with van der Waals surface area (Å²) in [6.45, 7) is 0.825. The highest BCUT2D eigenvalue weighted by Gasteiger charge is 2.23. The first-order valence-corrected chi connectivity index (χ1v) is 10.7. The van der Waals surface area contributed by atoms with E-state index in [2.05, 4.69) is 21.7 Å². The highest BCUT2D eigenvalue weighted by molar-refractivity contribution is 6.31. The second kappa shape index (κ2) is 10.4. The standard InChI is InChI=1S/C23H26ClN5O2/c1-29(2)23(31)17-10-16(11-18(24)12-17)20-7-6-15(14-27-20)9-19(13-25)28-22(30)21-5-3-4-8-26-21/h6-7,10-12,14,19,21,26H,3-5,8-9H2,1-2H3,(H,28,30)/t19-,21-/m0/s1. The summed E-state index contributed by atoms with van der Waals surface area (Å²) in [6, 6.07) is 10.1. The van der Waals surface area contributed by atoms with Crippen molar-refractivity contribution in [3.63, 3.8) is 0 Å². The molecule has 0 unspecified atom stereocenters. The number of nitrogens with one attached hydrogen (secondary N) is 2. The third-order valence-electron chi connectivity index (χ3n) is 5.21. The monoisotopic (exact) mass is 439 g/mol. The van der Waals surface area contributed by atoms with Gasteiger partial charge in [0.25, 0.3) is 5.91 Å². The number of hydrogen-bond acceptors (Lipinski definition) is 5. The van der Waals surface area contributed by atoms with Crippen molar-refractivity contribution < 1.29 is 9.59 Å². The van der Waals surface area contributed by atoms with Crippen molar-refractivity contribution in [2.24, 2.45) is 0 Å². The minimum Gasteiger partial charge on any atom is -0.345 e. The van der Waals surface area contributed by atoms with Gasteiger partial charge < -0.3 is 15.5 Å². The highest BCUT2D eigenvalue weighted by Crippen LogP contribution is 2.24. The van der Waals surface area contributed by atoms with Gasteiger partial charge in [0.15, 0.2) is 0 Å². The number of rotatable bonds is 6. The molecule has 0 aliphatic carbocycles. The number of piperidine rings is 1. The van der Waals surface area contributed by atoms with Gasteiger partial charge in [0.1, 0.15) is 6.04 Å². The number of carbonyl (C=O) groups is 2. The smallest absolute Gasteiger partial charge is 0.253 e. The van der Waals surface area contributed by atoms with Crippen LogP contribution in [0.25, 0.3) is 11.3 Å². The number of hydrogen-bond donors (Lipinski definition) is 2. The fourth-order valence-electron chi connectivity index (χ4n) is 3.55. The lowest BCUT2D eigenvalue weighted by Crippen LogP contribution is -2.49. The van der Waals surface area contributed by atoms with E-state index in [-0.39, 0.29) is 17.9 Å². The zero-order valence-electron chi connectivity index (χ0n) is 17.7. The third-order valence-corrected chi connectivity index (χ3v) is 5.43. The second-order valence-corrected chi connectivity index (χ2v) is 8.31. The molecule has 2 aromatic rings. The molecule has 162 valence electrons. The summed E-state index contributed by atoms with van der Waals surface area (Å²) in [7, 11) is 3.37. The highest BCUT2D eigenvalue weighted by atomic mass is 35.5. The fraction of sp³-hybridized carbons (Fsp3) is 0.391. The second-order valence-electron chi connectivity index (χ2n) is 7.88. The van der Waals surface area contributed by atoms with Crippen molar-refractivity contribution in [3.05, 3.63) is 52.7 Å². The van der Waals surface area contributed by atoms with Gasteiger partial charge in [0.2, 0.25) is 5.91 Å². The molecule has 3 rings (SSSR count). The average molecular weight is 440 g/mol. The Bertz CT molecular complexity index is 978. The zero-order chi connectivity index (χ0) is 22.4. The van der Waals surface area contributed by atoms with Crippen LogP contribution in [0.5, 0.6) is 0 Å². The molecule has 7 nitrogen and oxygen atoms in total.